The molecule has 2 aromatic heterocycles. The summed E-state index contributed by atoms with van der Waals surface area (Å²) in [5, 5.41) is 5.75. The summed E-state index contributed by atoms with van der Waals surface area (Å²) in [5.74, 6) is 1.15. The number of morpholine rings is 1. The van der Waals surface area contributed by atoms with E-state index in [0.29, 0.717) is 24.9 Å². The molecule has 1 saturated heterocycles. The third-order valence-electron chi connectivity index (χ3n) is 4.12. The smallest absolute Gasteiger partial charge is 0.223 e. The molecular weight excluding hydrogens is 328 g/mol. The molecule has 0 unspecified atom stereocenters. The minimum absolute atomic E-state index is 0.172. The molecular formula is C17H17ClN4O2. The normalized spacial score (nSPS) is 19.0. The van der Waals surface area contributed by atoms with Crippen LogP contribution in [0, 0.1) is 6.92 Å². The molecule has 0 saturated carbocycles. The van der Waals surface area contributed by atoms with Crippen LogP contribution in [0.3, 0.4) is 0 Å². The summed E-state index contributed by atoms with van der Waals surface area (Å²) in [5.41, 5.74) is 2.10. The number of fused-ring (bicyclic) bond motifs is 1. The molecule has 24 heavy (non-hydrogen) atoms. The van der Waals surface area contributed by atoms with Crippen molar-refractivity contribution in [1.82, 2.24) is 20.0 Å². The van der Waals surface area contributed by atoms with Gasteiger partial charge >= 0.3 is 0 Å². The zero-order chi connectivity index (χ0) is 16.5. The number of aromatic nitrogens is 3. The van der Waals surface area contributed by atoms with Gasteiger partial charge in [0.2, 0.25) is 11.7 Å². The molecule has 0 radical (unpaired) electrons. The van der Waals surface area contributed by atoms with Crippen LogP contribution in [0.4, 0.5) is 0 Å². The minimum atomic E-state index is -0.172. The number of aryl methyl sites for hydroxylation is 1. The van der Waals surface area contributed by atoms with Gasteiger partial charge in [-0.15, -0.1) is 0 Å². The number of nitrogens with zero attached hydrogens (tertiary/aromatic N) is 4. The summed E-state index contributed by atoms with van der Waals surface area (Å²) in [6.45, 7) is 4.71. The predicted octanol–water partition coefficient (Wildman–Crippen LogP) is 3.15. The Morgan fingerprint density at radius 2 is 2.29 bits per heavy atom. The van der Waals surface area contributed by atoms with Crippen LogP contribution in [0.25, 0.3) is 10.9 Å². The maximum atomic E-state index is 6.27. The molecule has 0 amide bonds. The molecule has 1 aromatic carbocycles. The van der Waals surface area contributed by atoms with Gasteiger partial charge in [0.05, 0.1) is 12.1 Å². The van der Waals surface area contributed by atoms with Gasteiger partial charge in [-0.05, 0) is 23.8 Å². The van der Waals surface area contributed by atoms with E-state index in [2.05, 4.69) is 20.0 Å². The first kappa shape index (κ1) is 15.5. The Balaban J connectivity index is 1.57. The van der Waals surface area contributed by atoms with Crippen molar-refractivity contribution in [3.05, 3.63) is 52.8 Å². The molecule has 1 aliphatic rings. The molecule has 0 spiro atoms. The van der Waals surface area contributed by atoms with Crippen LogP contribution in [0.2, 0.25) is 5.02 Å². The first-order valence-corrected chi connectivity index (χ1v) is 8.24. The Hall–Kier alpha value is -2.02. The van der Waals surface area contributed by atoms with Gasteiger partial charge < -0.3 is 9.26 Å². The van der Waals surface area contributed by atoms with Crippen molar-refractivity contribution < 1.29 is 9.26 Å². The van der Waals surface area contributed by atoms with Gasteiger partial charge in [-0.1, -0.05) is 22.8 Å². The monoisotopic (exact) mass is 344 g/mol. The Labute approximate surface area is 144 Å². The summed E-state index contributed by atoms with van der Waals surface area (Å²) < 4.78 is 10.8. The largest absolute Gasteiger partial charge is 0.367 e. The van der Waals surface area contributed by atoms with E-state index >= 15 is 0 Å². The number of hydrogen-bond donors (Lipinski definition) is 0. The second-order valence-corrected chi connectivity index (χ2v) is 6.34. The van der Waals surface area contributed by atoms with Crippen LogP contribution < -0.4 is 0 Å². The number of ether oxygens (including phenoxy) is 1. The van der Waals surface area contributed by atoms with Crippen LogP contribution in [0.5, 0.6) is 0 Å². The van der Waals surface area contributed by atoms with Gasteiger partial charge in [0.25, 0.3) is 0 Å². The highest BCUT2D eigenvalue weighted by molar-refractivity contribution is 6.31. The highest BCUT2D eigenvalue weighted by atomic mass is 35.5. The number of halogens is 1. The minimum Gasteiger partial charge on any atom is -0.367 e. The third-order valence-corrected chi connectivity index (χ3v) is 4.34. The molecule has 3 aromatic rings. The Bertz CT molecular complexity index is 867. The van der Waals surface area contributed by atoms with E-state index in [0.717, 1.165) is 34.6 Å². The maximum absolute atomic E-state index is 6.27. The molecule has 124 valence electrons. The zero-order valence-electron chi connectivity index (χ0n) is 13.3. The van der Waals surface area contributed by atoms with E-state index in [1.54, 1.807) is 6.92 Å². The SMILES string of the molecule is Cc1nc([C@H]2CN(Cc3cc(Cl)cc4cccnc34)CCO2)no1. The molecule has 1 atom stereocenters. The molecule has 1 fully saturated rings. The summed E-state index contributed by atoms with van der Waals surface area (Å²) in [7, 11) is 0. The van der Waals surface area contributed by atoms with Crippen molar-refractivity contribution in [2.75, 3.05) is 19.7 Å². The Morgan fingerprint density at radius 1 is 1.38 bits per heavy atom. The Kier molecular flexibility index (Phi) is 4.18. The molecule has 4 rings (SSSR count). The quantitative estimate of drug-likeness (QED) is 0.727. The van der Waals surface area contributed by atoms with E-state index in [9.17, 15) is 0 Å². The van der Waals surface area contributed by atoms with E-state index in [4.69, 9.17) is 20.9 Å². The lowest BCUT2D eigenvalue weighted by Crippen LogP contribution is -2.38. The average Bonchev–Trinajstić information content (AvgIpc) is 3.01. The summed E-state index contributed by atoms with van der Waals surface area (Å²) in [4.78, 5) is 11.1. The first-order chi connectivity index (χ1) is 11.7. The van der Waals surface area contributed by atoms with E-state index in [1.807, 2.05) is 30.5 Å². The summed E-state index contributed by atoms with van der Waals surface area (Å²) in [6.07, 6.45) is 1.64. The number of rotatable bonds is 3. The summed E-state index contributed by atoms with van der Waals surface area (Å²) in [6, 6.07) is 7.88. The second-order valence-electron chi connectivity index (χ2n) is 5.91. The predicted molar refractivity (Wildman–Crippen MR) is 89.8 cm³/mol. The standard InChI is InChI=1S/C17H17ClN4O2/c1-11-20-17(21-24-11)15-10-22(5-6-23-15)9-13-8-14(18)7-12-3-2-4-19-16(12)13/h2-4,7-8,15H,5-6,9-10H2,1H3/t15-/m1/s1. The lowest BCUT2D eigenvalue weighted by Gasteiger charge is -2.31. The van der Waals surface area contributed by atoms with Gasteiger partial charge in [0.1, 0.15) is 6.10 Å². The van der Waals surface area contributed by atoms with Crippen molar-refractivity contribution in [3.8, 4) is 0 Å². The zero-order valence-corrected chi connectivity index (χ0v) is 14.0. The van der Waals surface area contributed by atoms with Crippen LogP contribution >= 0.6 is 11.6 Å². The van der Waals surface area contributed by atoms with Gasteiger partial charge in [-0.3, -0.25) is 9.88 Å². The van der Waals surface area contributed by atoms with Gasteiger partial charge in [0, 0.05) is 43.2 Å². The lowest BCUT2D eigenvalue weighted by molar-refractivity contribution is -0.0379. The topological polar surface area (TPSA) is 64.3 Å². The second kappa shape index (κ2) is 6.47. The third kappa shape index (κ3) is 3.13. The fourth-order valence-corrected chi connectivity index (χ4v) is 3.29. The first-order valence-electron chi connectivity index (χ1n) is 7.86. The summed E-state index contributed by atoms with van der Waals surface area (Å²) >= 11 is 6.27. The van der Waals surface area contributed by atoms with Crippen LogP contribution in [-0.4, -0.2) is 39.7 Å². The fourth-order valence-electron chi connectivity index (χ4n) is 3.04. The molecule has 6 nitrogen and oxygen atoms in total. The molecule has 1 aliphatic heterocycles. The molecule has 0 bridgehead atoms. The van der Waals surface area contributed by atoms with Gasteiger partial charge in [-0.2, -0.15) is 4.98 Å². The van der Waals surface area contributed by atoms with Crippen molar-refractivity contribution in [2.45, 2.75) is 19.6 Å². The van der Waals surface area contributed by atoms with Gasteiger partial charge in [-0.25, -0.2) is 0 Å². The molecule has 7 heteroatoms. The van der Waals surface area contributed by atoms with Crippen LogP contribution in [-0.2, 0) is 11.3 Å². The fraction of sp³-hybridized carbons (Fsp3) is 0.353. The molecule has 0 aliphatic carbocycles. The van der Waals surface area contributed by atoms with E-state index in [1.165, 1.54) is 0 Å². The highest BCUT2D eigenvalue weighted by Crippen LogP contribution is 2.26. The van der Waals surface area contributed by atoms with Crippen molar-refractivity contribution in [1.29, 1.82) is 0 Å². The van der Waals surface area contributed by atoms with Gasteiger partial charge in [0.15, 0.2) is 0 Å². The van der Waals surface area contributed by atoms with Crippen LogP contribution in [0.15, 0.2) is 35.0 Å². The van der Waals surface area contributed by atoms with Crippen molar-refractivity contribution in [2.24, 2.45) is 0 Å². The Morgan fingerprint density at radius 3 is 3.12 bits per heavy atom. The number of pyridine rings is 1. The molecule has 3 heterocycles. The maximum Gasteiger partial charge on any atom is 0.223 e. The van der Waals surface area contributed by atoms with Crippen molar-refractivity contribution in [3.63, 3.8) is 0 Å². The number of hydrogen-bond acceptors (Lipinski definition) is 6. The van der Waals surface area contributed by atoms with Crippen molar-refractivity contribution >= 4 is 22.5 Å². The lowest BCUT2D eigenvalue weighted by atomic mass is 10.1. The van der Waals surface area contributed by atoms with E-state index in [-0.39, 0.29) is 6.10 Å². The number of benzene rings is 1. The molecule has 0 N–H and O–H groups in total. The average molecular weight is 345 g/mol. The highest BCUT2D eigenvalue weighted by Gasteiger charge is 2.26. The van der Waals surface area contributed by atoms with Crippen LogP contribution in [0.1, 0.15) is 23.4 Å². The van der Waals surface area contributed by atoms with E-state index < -0.39 is 0 Å².